The summed E-state index contributed by atoms with van der Waals surface area (Å²) < 4.78 is 5.12. The third kappa shape index (κ3) is 3.38. The molecule has 0 aliphatic rings. The van der Waals surface area contributed by atoms with E-state index in [1.54, 1.807) is 6.07 Å². The summed E-state index contributed by atoms with van der Waals surface area (Å²) in [4.78, 5) is 11.9. The molecule has 0 spiro atoms. The Kier molecular flexibility index (Phi) is 4.12. The van der Waals surface area contributed by atoms with Crippen molar-refractivity contribution in [2.45, 2.75) is 45.7 Å². The first kappa shape index (κ1) is 12.8. The van der Waals surface area contributed by atoms with Crippen LogP contribution in [0.2, 0.25) is 0 Å². The number of furan rings is 1. The summed E-state index contributed by atoms with van der Waals surface area (Å²) in [6.07, 6.45) is 3.42. The van der Waals surface area contributed by atoms with Crippen LogP contribution in [0.3, 0.4) is 0 Å². The van der Waals surface area contributed by atoms with Gasteiger partial charge in [-0.2, -0.15) is 0 Å². The van der Waals surface area contributed by atoms with Crippen LogP contribution < -0.4 is 11.1 Å². The van der Waals surface area contributed by atoms with E-state index in [1.165, 1.54) is 6.26 Å². The molecule has 0 saturated carbocycles. The molecule has 0 radical (unpaired) electrons. The zero-order valence-electron chi connectivity index (χ0n) is 10.2. The summed E-state index contributed by atoms with van der Waals surface area (Å²) in [6, 6.07) is 1.68. The van der Waals surface area contributed by atoms with E-state index in [0.717, 1.165) is 12.8 Å². The van der Waals surface area contributed by atoms with Crippen molar-refractivity contribution in [3.05, 3.63) is 23.7 Å². The molecule has 1 heterocycles. The number of nitrogens with two attached hydrogens (primary N) is 1. The van der Waals surface area contributed by atoms with E-state index in [1.807, 2.05) is 13.8 Å². The average molecular weight is 224 g/mol. The number of hydrogen-bond donors (Lipinski definition) is 2. The Hall–Kier alpha value is -1.29. The Morgan fingerprint density at radius 3 is 2.75 bits per heavy atom. The second-order valence-electron chi connectivity index (χ2n) is 4.59. The van der Waals surface area contributed by atoms with E-state index in [9.17, 15) is 4.79 Å². The molecule has 0 bridgehead atoms. The monoisotopic (exact) mass is 224 g/mol. The van der Waals surface area contributed by atoms with Crippen LogP contribution in [0, 0.1) is 0 Å². The van der Waals surface area contributed by atoms with Crippen LogP contribution in [0.1, 0.15) is 49.7 Å². The Labute approximate surface area is 96.2 Å². The minimum Gasteiger partial charge on any atom is -0.467 e. The van der Waals surface area contributed by atoms with E-state index < -0.39 is 0 Å². The number of rotatable bonds is 5. The lowest BCUT2D eigenvalue weighted by molar-refractivity contribution is 0.0908. The molecule has 0 aliphatic heterocycles. The smallest absolute Gasteiger partial charge is 0.254 e. The Bertz CT molecular complexity index is 356. The first-order valence-electron chi connectivity index (χ1n) is 5.58. The largest absolute Gasteiger partial charge is 0.467 e. The SMILES string of the molecule is CCCC(C)(C)NC(=O)c1coc(CN)c1. The van der Waals surface area contributed by atoms with E-state index in [2.05, 4.69) is 12.2 Å². The molecule has 0 unspecified atom stereocenters. The molecule has 0 aliphatic carbocycles. The zero-order chi connectivity index (χ0) is 12.2. The summed E-state index contributed by atoms with van der Waals surface area (Å²) in [5.41, 5.74) is 5.76. The van der Waals surface area contributed by atoms with Gasteiger partial charge in [0.25, 0.3) is 5.91 Å². The fourth-order valence-corrected chi connectivity index (χ4v) is 1.67. The molecule has 4 heteroatoms. The van der Waals surface area contributed by atoms with Gasteiger partial charge in [0.2, 0.25) is 0 Å². The predicted molar refractivity (Wildman–Crippen MR) is 63.1 cm³/mol. The molecule has 16 heavy (non-hydrogen) atoms. The Balaban J connectivity index is 2.65. The fourth-order valence-electron chi connectivity index (χ4n) is 1.67. The maximum Gasteiger partial charge on any atom is 0.254 e. The van der Waals surface area contributed by atoms with E-state index in [-0.39, 0.29) is 11.4 Å². The molecule has 0 aromatic carbocycles. The molecular weight excluding hydrogens is 204 g/mol. The summed E-state index contributed by atoms with van der Waals surface area (Å²) in [5.74, 6) is 0.514. The van der Waals surface area contributed by atoms with Gasteiger partial charge in [0, 0.05) is 5.54 Å². The van der Waals surface area contributed by atoms with Crippen LogP contribution in [0.4, 0.5) is 0 Å². The first-order valence-corrected chi connectivity index (χ1v) is 5.58. The maximum absolute atomic E-state index is 11.9. The van der Waals surface area contributed by atoms with Gasteiger partial charge >= 0.3 is 0 Å². The number of amides is 1. The summed E-state index contributed by atoms with van der Waals surface area (Å²) >= 11 is 0. The Morgan fingerprint density at radius 1 is 1.56 bits per heavy atom. The highest BCUT2D eigenvalue weighted by Gasteiger charge is 2.20. The highest BCUT2D eigenvalue weighted by atomic mass is 16.3. The molecule has 1 amide bonds. The van der Waals surface area contributed by atoms with Gasteiger partial charge in [0.1, 0.15) is 12.0 Å². The lowest BCUT2D eigenvalue weighted by Gasteiger charge is -2.25. The third-order valence-electron chi connectivity index (χ3n) is 2.44. The van der Waals surface area contributed by atoms with Gasteiger partial charge < -0.3 is 15.5 Å². The minimum absolute atomic E-state index is 0.109. The molecule has 1 rings (SSSR count). The van der Waals surface area contributed by atoms with Crippen LogP contribution in [0.5, 0.6) is 0 Å². The van der Waals surface area contributed by atoms with Crippen molar-refractivity contribution in [1.29, 1.82) is 0 Å². The maximum atomic E-state index is 11.9. The quantitative estimate of drug-likeness (QED) is 0.804. The molecule has 4 nitrogen and oxygen atoms in total. The van der Waals surface area contributed by atoms with Gasteiger partial charge in [-0.05, 0) is 26.3 Å². The molecule has 0 atom stereocenters. The molecule has 1 aromatic heterocycles. The highest BCUT2D eigenvalue weighted by Crippen LogP contribution is 2.13. The summed E-state index contributed by atoms with van der Waals surface area (Å²) in [5, 5.41) is 2.97. The van der Waals surface area contributed by atoms with E-state index >= 15 is 0 Å². The summed E-state index contributed by atoms with van der Waals surface area (Å²) in [7, 11) is 0. The van der Waals surface area contributed by atoms with Gasteiger partial charge in [-0.25, -0.2) is 0 Å². The van der Waals surface area contributed by atoms with Crippen molar-refractivity contribution < 1.29 is 9.21 Å². The lowest BCUT2D eigenvalue weighted by atomic mass is 9.98. The van der Waals surface area contributed by atoms with Crippen molar-refractivity contribution in [1.82, 2.24) is 5.32 Å². The first-order chi connectivity index (χ1) is 7.48. The van der Waals surface area contributed by atoms with Gasteiger partial charge in [0.15, 0.2) is 0 Å². The fraction of sp³-hybridized carbons (Fsp3) is 0.583. The molecule has 0 saturated heterocycles. The van der Waals surface area contributed by atoms with Crippen molar-refractivity contribution in [2.75, 3.05) is 0 Å². The van der Waals surface area contributed by atoms with Crippen molar-refractivity contribution in [3.8, 4) is 0 Å². The number of hydrogen-bond acceptors (Lipinski definition) is 3. The predicted octanol–water partition coefficient (Wildman–Crippen LogP) is 2.05. The van der Waals surface area contributed by atoms with E-state index in [0.29, 0.717) is 17.9 Å². The van der Waals surface area contributed by atoms with Crippen molar-refractivity contribution >= 4 is 5.91 Å². The molecule has 90 valence electrons. The van der Waals surface area contributed by atoms with Crippen LogP contribution >= 0.6 is 0 Å². The van der Waals surface area contributed by atoms with Crippen LogP contribution in [0.15, 0.2) is 16.7 Å². The average Bonchev–Trinajstić information content (AvgIpc) is 2.64. The van der Waals surface area contributed by atoms with Crippen molar-refractivity contribution in [3.63, 3.8) is 0 Å². The van der Waals surface area contributed by atoms with Gasteiger partial charge in [-0.1, -0.05) is 13.3 Å². The lowest BCUT2D eigenvalue weighted by Crippen LogP contribution is -2.43. The number of carbonyl (C=O) groups excluding carboxylic acids is 1. The summed E-state index contributed by atoms with van der Waals surface area (Å²) in [6.45, 7) is 6.43. The minimum atomic E-state index is -0.189. The number of carbonyl (C=O) groups is 1. The van der Waals surface area contributed by atoms with Gasteiger partial charge in [-0.15, -0.1) is 0 Å². The second-order valence-corrected chi connectivity index (χ2v) is 4.59. The Morgan fingerprint density at radius 2 is 2.25 bits per heavy atom. The standard InChI is InChI=1S/C12H20N2O2/c1-4-5-12(2,3)14-11(15)9-6-10(7-13)16-8-9/h6,8H,4-5,7,13H2,1-3H3,(H,14,15). The topological polar surface area (TPSA) is 68.3 Å². The molecular formula is C12H20N2O2. The third-order valence-corrected chi connectivity index (χ3v) is 2.44. The van der Waals surface area contributed by atoms with E-state index in [4.69, 9.17) is 10.2 Å². The van der Waals surface area contributed by atoms with Crippen LogP contribution in [-0.4, -0.2) is 11.4 Å². The molecule has 0 fully saturated rings. The number of nitrogens with one attached hydrogen (secondary N) is 1. The second kappa shape index (κ2) is 5.16. The highest BCUT2D eigenvalue weighted by molar-refractivity contribution is 5.94. The van der Waals surface area contributed by atoms with Crippen LogP contribution in [0.25, 0.3) is 0 Å². The van der Waals surface area contributed by atoms with Crippen molar-refractivity contribution in [2.24, 2.45) is 5.73 Å². The molecule has 1 aromatic rings. The van der Waals surface area contributed by atoms with Crippen LogP contribution in [-0.2, 0) is 6.54 Å². The normalized spacial score (nSPS) is 11.5. The van der Waals surface area contributed by atoms with Gasteiger partial charge in [-0.3, -0.25) is 4.79 Å². The van der Waals surface area contributed by atoms with Gasteiger partial charge in [0.05, 0.1) is 12.1 Å². The zero-order valence-corrected chi connectivity index (χ0v) is 10.2. The molecule has 3 N–H and O–H groups in total.